The van der Waals surface area contributed by atoms with Crippen molar-refractivity contribution >= 4 is 33.6 Å². The minimum atomic E-state index is -0.412. The predicted octanol–water partition coefficient (Wildman–Crippen LogP) is 12.9. The summed E-state index contributed by atoms with van der Waals surface area (Å²) in [5.41, 5.74) is 16.3. The molecule has 1 aromatic heterocycles. The summed E-state index contributed by atoms with van der Waals surface area (Å²) in [5, 5.41) is 2.55. The average molecular weight is 666 g/mol. The second kappa shape index (κ2) is 11.0. The van der Waals surface area contributed by atoms with Crippen LogP contribution in [0.25, 0.3) is 60.9 Å². The lowest BCUT2D eigenvalue weighted by molar-refractivity contribution is 0.724. The van der Waals surface area contributed by atoms with E-state index in [4.69, 9.17) is 0 Å². The summed E-state index contributed by atoms with van der Waals surface area (Å²) < 4.78 is 2.39. The van der Waals surface area contributed by atoms with Gasteiger partial charge in [0, 0.05) is 26.3 Å². The maximum Gasteiger partial charge on any atom is 0.0741 e. The first kappa shape index (κ1) is 28.7. The van der Waals surface area contributed by atoms with Gasteiger partial charge in [-0.15, -0.1) is 0 Å². The molecule has 0 saturated carbocycles. The van der Waals surface area contributed by atoms with E-state index in [2.05, 4.69) is 193 Å². The second-order valence-electron chi connectivity index (χ2n) is 13.6. The summed E-state index contributed by atoms with van der Waals surface area (Å²) in [7, 11) is 0. The summed E-state index contributed by atoms with van der Waals surface area (Å²) in [6, 6.07) is 69.6. The molecule has 1 aliphatic heterocycles. The number of aromatic nitrogens is 1. The van der Waals surface area contributed by atoms with Crippen LogP contribution in [0.4, 0.5) is 0 Å². The van der Waals surface area contributed by atoms with Gasteiger partial charge in [0.25, 0.3) is 0 Å². The molecule has 51 heavy (non-hydrogen) atoms. The minimum Gasteiger partial charge on any atom is -0.309 e. The van der Waals surface area contributed by atoms with Gasteiger partial charge in [0.05, 0.1) is 16.4 Å². The van der Waals surface area contributed by atoms with Crippen molar-refractivity contribution in [3.63, 3.8) is 0 Å². The Hall–Kier alpha value is -6.09. The number of nitrogens with zero attached hydrogens (tertiary/aromatic N) is 1. The molecule has 0 N–H and O–H groups in total. The summed E-state index contributed by atoms with van der Waals surface area (Å²) >= 11 is 1.89. The molecule has 2 aliphatic rings. The third-order valence-electron chi connectivity index (χ3n) is 11.1. The Morgan fingerprint density at radius 1 is 0.373 bits per heavy atom. The first-order valence-electron chi connectivity index (χ1n) is 17.6. The molecule has 11 rings (SSSR count). The zero-order valence-electron chi connectivity index (χ0n) is 27.8. The molecule has 0 radical (unpaired) electrons. The standard InChI is InChI=1S/C49H31NS/c1-2-14-34(15-3-1)50-43-24-9-5-17-39(43)47-35(18-13-25-44(47)50)32-28-30-33(31-29-32)36-19-12-20-38-37-16-4-6-21-40(37)49(48(36)38)41-22-7-10-26-45(41)51-46-27-11-8-23-42(46)49/h1-31H. The largest absolute Gasteiger partial charge is 0.309 e. The van der Waals surface area contributed by atoms with Crippen molar-refractivity contribution in [2.24, 2.45) is 0 Å². The average Bonchev–Trinajstić information content (AvgIpc) is 3.70. The van der Waals surface area contributed by atoms with Gasteiger partial charge in [0.2, 0.25) is 0 Å². The minimum absolute atomic E-state index is 0.412. The maximum atomic E-state index is 2.39. The van der Waals surface area contributed by atoms with Crippen LogP contribution in [0.5, 0.6) is 0 Å². The summed E-state index contributed by atoms with van der Waals surface area (Å²) in [6.07, 6.45) is 0. The molecule has 0 bridgehead atoms. The van der Waals surface area contributed by atoms with Crippen molar-refractivity contribution in [1.82, 2.24) is 4.57 Å². The molecule has 0 amide bonds. The van der Waals surface area contributed by atoms with Gasteiger partial charge in [-0.25, -0.2) is 0 Å². The third kappa shape index (κ3) is 3.94. The molecule has 2 heterocycles. The summed E-state index contributed by atoms with van der Waals surface area (Å²) in [6.45, 7) is 0. The SMILES string of the molecule is c1ccc(-n2c3ccccc3c3c(-c4ccc(-c5cccc6c5C5(c7ccccc7Sc7ccccc75)c5ccccc5-6)cc4)cccc32)cc1. The highest BCUT2D eigenvalue weighted by atomic mass is 32.2. The highest BCUT2D eigenvalue weighted by Gasteiger charge is 2.51. The number of fused-ring (bicyclic) bond motifs is 12. The molecule has 0 atom stereocenters. The zero-order chi connectivity index (χ0) is 33.5. The molecular weight excluding hydrogens is 635 g/mol. The van der Waals surface area contributed by atoms with Crippen LogP contribution in [-0.4, -0.2) is 4.57 Å². The van der Waals surface area contributed by atoms with Crippen LogP contribution in [-0.2, 0) is 5.41 Å². The van der Waals surface area contributed by atoms with Gasteiger partial charge in [0.1, 0.15) is 0 Å². The molecule has 0 fully saturated rings. The highest BCUT2D eigenvalue weighted by Crippen LogP contribution is 2.63. The van der Waals surface area contributed by atoms with Gasteiger partial charge < -0.3 is 4.57 Å². The summed E-state index contributed by atoms with van der Waals surface area (Å²) in [5.74, 6) is 0. The van der Waals surface area contributed by atoms with Crippen LogP contribution >= 0.6 is 11.8 Å². The van der Waals surface area contributed by atoms with Crippen LogP contribution in [0.2, 0.25) is 0 Å². The number of rotatable bonds is 3. The molecule has 0 unspecified atom stereocenters. The van der Waals surface area contributed by atoms with E-state index in [1.54, 1.807) is 0 Å². The third-order valence-corrected chi connectivity index (χ3v) is 12.2. The van der Waals surface area contributed by atoms with E-state index >= 15 is 0 Å². The van der Waals surface area contributed by atoms with E-state index in [0.717, 1.165) is 0 Å². The van der Waals surface area contributed by atoms with Crippen molar-refractivity contribution < 1.29 is 0 Å². The molecule has 0 saturated heterocycles. The monoisotopic (exact) mass is 665 g/mol. The molecule has 1 nitrogen and oxygen atoms in total. The van der Waals surface area contributed by atoms with Gasteiger partial charge >= 0.3 is 0 Å². The zero-order valence-corrected chi connectivity index (χ0v) is 28.6. The molecular formula is C49H31NS. The normalized spacial score (nSPS) is 13.6. The molecule has 8 aromatic carbocycles. The van der Waals surface area contributed by atoms with E-state index in [-0.39, 0.29) is 0 Å². The molecule has 1 spiro atoms. The van der Waals surface area contributed by atoms with Crippen molar-refractivity contribution in [2.75, 3.05) is 0 Å². The first-order valence-corrected chi connectivity index (χ1v) is 18.4. The Kier molecular flexibility index (Phi) is 6.17. The van der Waals surface area contributed by atoms with Crippen molar-refractivity contribution in [3.05, 3.63) is 210 Å². The fourth-order valence-electron chi connectivity index (χ4n) is 9.10. The Morgan fingerprint density at radius 3 is 1.67 bits per heavy atom. The highest BCUT2D eigenvalue weighted by molar-refractivity contribution is 7.99. The lowest BCUT2D eigenvalue weighted by atomic mass is 9.66. The number of para-hydroxylation sites is 2. The van der Waals surface area contributed by atoms with E-state index in [1.165, 1.54) is 92.9 Å². The Balaban J connectivity index is 1.13. The number of hydrogen-bond acceptors (Lipinski definition) is 1. The van der Waals surface area contributed by atoms with Crippen LogP contribution in [0.15, 0.2) is 198 Å². The predicted molar refractivity (Wildman–Crippen MR) is 213 cm³/mol. The second-order valence-corrected chi connectivity index (χ2v) is 14.7. The van der Waals surface area contributed by atoms with E-state index in [0.29, 0.717) is 0 Å². The van der Waals surface area contributed by atoms with Crippen LogP contribution in [0.3, 0.4) is 0 Å². The quantitative estimate of drug-likeness (QED) is 0.182. The van der Waals surface area contributed by atoms with Crippen LogP contribution < -0.4 is 0 Å². The lowest BCUT2D eigenvalue weighted by Gasteiger charge is -2.40. The Labute approximate surface area is 301 Å². The number of benzene rings is 8. The summed E-state index contributed by atoms with van der Waals surface area (Å²) in [4.78, 5) is 2.65. The van der Waals surface area contributed by atoms with Gasteiger partial charge in [-0.2, -0.15) is 0 Å². The smallest absolute Gasteiger partial charge is 0.0741 e. The molecule has 1 aliphatic carbocycles. The van der Waals surface area contributed by atoms with Gasteiger partial charge in [-0.3, -0.25) is 0 Å². The molecule has 238 valence electrons. The number of hydrogen-bond donors (Lipinski definition) is 0. The van der Waals surface area contributed by atoms with Crippen molar-refractivity contribution in [1.29, 1.82) is 0 Å². The van der Waals surface area contributed by atoms with Gasteiger partial charge in [-0.05, 0) is 92.0 Å². The van der Waals surface area contributed by atoms with Crippen molar-refractivity contribution in [2.45, 2.75) is 15.2 Å². The van der Waals surface area contributed by atoms with Gasteiger partial charge in [0.15, 0.2) is 0 Å². The van der Waals surface area contributed by atoms with Crippen molar-refractivity contribution in [3.8, 4) is 39.1 Å². The lowest BCUT2D eigenvalue weighted by Crippen LogP contribution is -2.32. The molecule has 9 aromatic rings. The topological polar surface area (TPSA) is 4.93 Å². The molecule has 2 heteroatoms. The maximum absolute atomic E-state index is 2.39. The Bertz CT molecular complexity index is 2780. The fourth-order valence-corrected chi connectivity index (χ4v) is 10.3. The van der Waals surface area contributed by atoms with E-state index in [9.17, 15) is 0 Å². The van der Waals surface area contributed by atoms with E-state index < -0.39 is 5.41 Å². The Morgan fingerprint density at radius 2 is 0.902 bits per heavy atom. The fraction of sp³-hybridized carbons (Fsp3) is 0.0204. The van der Waals surface area contributed by atoms with E-state index in [1.807, 2.05) is 11.8 Å². The van der Waals surface area contributed by atoms with Crippen LogP contribution in [0.1, 0.15) is 22.3 Å². The van der Waals surface area contributed by atoms with Crippen LogP contribution in [0, 0.1) is 0 Å². The first-order chi connectivity index (χ1) is 25.3. The van der Waals surface area contributed by atoms with Gasteiger partial charge in [-0.1, -0.05) is 163 Å².